The molecule has 0 radical (unpaired) electrons. The van der Waals surface area contributed by atoms with E-state index in [2.05, 4.69) is 18.1 Å². The number of carbonyl (C=O) groups is 2. The van der Waals surface area contributed by atoms with Gasteiger partial charge in [-0.3, -0.25) is 14.6 Å². The van der Waals surface area contributed by atoms with E-state index in [9.17, 15) is 9.59 Å². The van der Waals surface area contributed by atoms with Gasteiger partial charge in [-0.2, -0.15) is 0 Å². The fraction of sp³-hybridized carbons (Fsp3) is 0.385. The van der Waals surface area contributed by atoms with Crippen LogP contribution in [0.3, 0.4) is 0 Å². The van der Waals surface area contributed by atoms with E-state index < -0.39 is 5.91 Å². The standard InChI is InChI=1S/C26H32N4O2/c1-3-30(28(2)23-10-5-4-6-11-23)25(31)18-29-15-14-19-12-13-21(17-24(19)29)20-8-7-9-22(16-20)26(27)32/h7-9,12-17,23H,3-6,10-11,18H2,1-2H3,(H2,27,32). The number of hydrogen-bond acceptors (Lipinski definition) is 3. The van der Waals surface area contributed by atoms with Crippen LogP contribution in [0.2, 0.25) is 0 Å². The monoisotopic (exact) mass is 432 g/mol. The second-order valence-electron chi connectivity index (χ2n) is 8.64. The van der Waals surface area contributed by atoms with Crippen LogP contribution in [0.4, 0.5) is 0 Å². The number of carbonyl (C=O) groups excluding carboxylic acids is 2. The van der Waals surface area contributed by atoms with Crippen molar-refractivity contribution < 1.29 is 9.59 Å². The molecule has 1 fully saturated rings. The highest BCUT2D eigenvalue weighted by atomic mass is 16.2. The van der Waals surface area contributed by atoms with E-state index >= 15 is 0 Å². The molecule has 0 saturated heterocycles. The number of benzene rings is 2. The highest BCUT2D eigenvalue weighted by Crippen LogP contribution is 2.27. The van der Waals surface area contributed by atoms with Crippen LogP contribution >= 0.6 is 0 Å². The molecule has 6 heteroatoms. The predicted octanol–water partition coefficient (Wildman–Crippen LogP) is 4.44. The van der Waals surface area contributed by atoms with Crippen LogP contribution in [0.15, 0.2) is 54.7 Å². The average molecular weight is 433 g/mol. The van der Waals surface area contributed by atoms with E-state index in [1.807, 2.05) is 53.0 Å². The number of aromatic nitrogens is 1. The first-order valence-corrected chi connectivity index (χ1v) is 11.5. The van der Waals surface area contributed by atoms with E-state index in [1.165, 1.54) is 19.3 Å². The third kappa shape index (κ3) is 4.55. The molecule has 2 N–H and O–H groups in total. The number of rotatable bonds is 7. The van der Waals surface area contributed by atoms with Crippen LogP contribution in [0.1, 0.15) is 49.4 Å². The number of fused-ring (bicyclic) bond motifs is 1. The second kappa shape index (κ2) is 9.57. The Balaban J connectivity index is 1.57. The number of nitrogens with zero attached hydrogens (tertiary/aromatic N) is 3. The first kappa shape index (κ1) is 22.1. The van der Waals surface area contributed by atoms with Crippen molar-refractivity contribution in [1.29, 1.82) is 0 Å². The maximum atomic E-state index is 13.3. The lowest BCUT2D eigenvalue weighted by Gasteiger charge is -2.39. The first-order chi connectivity index (χ1) is 15.5. The molecule has 32 heavy (non-hydrogen) atoms. The van der Waals surface area contributed by atoms with Crippen molar-refractivity contribution in [3.05, 3.63) is 60.3 Å². The minimum atomic E-state index is -0.441. The zero-order valence-electron chi connectivity index (χ0n) is 19.0. The Morgan fingerprint density at radius 2 is 1.78 bits per heavy atom. The molecule has 0 aliphatic heterocycles. The molecular formula is C26H32N4O2. The molecule has 1 heterocycles. The van der Waals surface area contributed by atoms with Gasteiger partial charge < -0.3 is 10.3 Å². The van der Waals surface area contributed by atoms with Gasteiger partial charge in [0.1, 0.15) is 6.54 Å². The van der Waals surface area contributed by atoms with Crippen LogP contribution in [0.25, 0.3) is 22.0 Å². The van der Waals surface area contributed by atoms with Crippen LogP contribution in [0, 0.1) is 0 Å². The summed E-state index contributed by atoms with van der Waals surface area (Å²) in [6.45, 7) is 2.99. The lowest BCUT2D eigenvalue weighted by atomic mass is 9.95. The zero-order chi connectivity index (χ0) is 22.7. The topological polar surface area (TPSA) is 71.6 Å². The summed E-state index contributed by atoms with van der Waals surface area (Å²) in [5.41, 5.74) is 8.84. The van der Waals surface area contributed by atoms with Gasteiger partial charge >= 0.3 is 0 Å². The van der Waals surface area contributed by atoms with E-state index in [4.69, 9.17) is 5.73 Å². The van der Waals surface area contributed by atoms with Gasteiger partial charge in [0.15, 0.2) is 0 Å². The third-order valence-corrected chi connectivity index (χ3v) is 6.63. The minimum Gasteiger partial charge on any atom is -0.366 e. The molecule has 0 spiro atoms. The smallest absolute Gasteiger partial charge is 0.256 e. The molecule has 0 bridgehead atoms. The van der Waals surface area contributed by atoms with Gasteiger partial charge in [-0.15, -0.1) is 0 Å². The van der Waals surface area contributed by atoms with Gasteiger partial charge in [-0.25, -0.2) is 5.01 Å². The van der Waals surface area contributed by atoms with Crippen molar-refractivity contribution in [2.45, 2.75) is 51.6 Å². The van der Waals surface area contributed by atoms with Gasteiger partial charge in [0, 0.05) is 36.9 Å². The Hall–Kier alpha value is -3.12. The average Bonchev–Trinajstić information content (AvgIpc) is 3.22. The number of primary amides is 1. The maximum absolute atomic E-state index is 13.3. The summed E-state index contributed by atoms with van der Waals surface area (Å²) in [6, 6.07) is 16.0. The van der Waals surface area contributed by atoms with Gasteiger partial charge in [0.2, 0.25) is 5.91 Å². The third-order valence-electron chi connectivity index (χ3n) is 6.63. The van der Waals surface area contributed by atoms with Crippen LogP contribution in [-0.4, -0.2) is 46.0 Å². The normalized spacial score (nSPS) is 14.7. The number of amides is 2. The van der Waals surface area contributed by atoms with Gasteiger partial charge in [0.05, 0.1) is 0 Å². The SMILES string of the molecule is CCN(C(=O)Cn1ccc2ccc(-c3cccc(C(N)=O)c3)cc21)N(C)C1CCCCC1. The minimum absolute atomic E-state index is 0.0965. The van der Waals surface area contributed by atoms with Gasteiger partial charge in [-0.05, 0) is 60.5 Å². The van der Waals surface area contributed by atoms with Gasteiger partial charge in [0.25, 0.3) is 5.91 Å². The summed E-state index contributed by atoms with van der Waals surface area (Å²) in [5, 5.41) is 5.13. The Morgan fingerprint density at radius 3 is 2.50 bits per heavy atom. The summed E-state index contributed by atoms with van der Waals surface area (Å²) in [6.07, 6.45) is 8.05. The molecular weight excluding hydrogens is 400 g/mol. The van der Waals surface area contributed by atoms with Crippen molar-refractivity contribution in [3.63, 3.8) is 0 Å². The fourth-order valence-corrected chi connectivity index (χ4v) is 4.81. The van der Waals surface area contributed by atoms with E-state index in [-0.39, 0.29) is 5.91 Å². The largest absolute Gasteiger partial charge is 0.366 e. The highest BCUT2D eigenvalue weighted by Gasteiger charge is 2.25. The summed E-state index contributed by atoms with van der Waals surface area (Å²) < 4.78 is 2.01. The predicted molar refractivity (Wildman–Crippen MR) is 128 cm³/mol. The van der Waals surface area contributed by atoms with E-state index in [0.717, 1.165) is 34.9 Å². The number of hydrazine groups is 1. The van der Waals surface area contributed by atoms with E-state index in [0.29, 0.717) is 24.7 Å². The summed E-state index contributed by atoms with van der Waals surface area (Å²) >= 11 is 0. The Labute approximate surface area is 189 Å². The van der Waals surface area contributed by atoms with E-state index in [1.54, 1.807) is 12.1 Å². The highest BCUT2D eigenvalue weighted by molar-refractivity contribution is 5.94. The Bertz CT molecular complexity index is 1110. The van der Waals surface area contributed by atoms with Crippen molar-refractivity contribution in [2.24, 2.45) is 5.73 Å². The van der Waals surface area contributed by atoms with Crippen molar-refractivity contribution >= 4 is 22.7 Å². The van der Waals surface area contributed by atoms with Crippen molar-refractivity contribution in [1.82, 2.24) is 14.6 Å². The molecule has 6 nitrogen and oxygen atoms in total. The molecule has 0 unspecified atom stereocenters. The fourth-order valence-electron chi connectivity index (χ4n) is 4.81. The Morgan fingerprint density at radius 1 is 1.03 bits per heavy atom. The lowest BCUT2D eigenvalue weighted by molar-refractivity contribution is -0.152. The molecule has 2 amide bonds. The lowest BCUT2D eigenvalue weighted by Crippen LogP contribution is -2.50. The number of nitrogens with two attached hydrogens (primary N) is 1. The molecule has 1 aromatic heterocycles. The summed E-state index contributed by atoms with van der Waals surface area (Å²) in [7, 11) is 2.05. The molecule has 1 aliphatic carbocycles. The van der Waals surface area contributed by atoms with Gasteiger partial charge in [-0.1, -0.05) is 43.5 Å². The molecule has 0 atom stereocenters. The number of likely N-dealkylation sites (N-methyl/N-ethyl adjacent to an activating group) is 1. The molecule has 3 aromatic rings. The molecule has 4 rings (SSSR count). The quantitative estimate of drug-likeness (QED) is 0.561. The summed E-state index contributed by atoms with van der Waals surface area (Å²) in [5.74, 6) is -0.345. The Kier molecular flexibility index (Phi) is 6.61. The summed E-state index contributed by atoms with van der Waals surface area (Å²) in [4.78, 5) is 24.8. The second-order valence-corrected chi connectivity index (χ2v) is 8.64. The first-order valence-electron chi connectivity index (χ1n) is 11.5. The van der Waals surface area contributed by atoms with Crippen LogP contribution in [-0.2, 0) is 11.3 Å². The molecule has 2 aromatic carbocycles. The number of hydrogen-bond donors (Lipinski definition) is 1. The zero-order valence-corrected chi connectivity index (χ0v) is 19.0. The van der Waals surface area contributed by atoms with Crippen molar-refractivity contribution in [2.75, 3.05) is 13.6 Å². The van der Waals surface area contributed by atoms with Crippen LogP contribution in [0.5, 0.6) is 0 Å². The molecule has 168 valence electrons. The van der Waals surface area contributed by atoms with Crippen LogP contribution < -0.4 is 5.73 Å². The van der Waals surface area contributed by atoms with Crippen molar-refractivity contribution in [3.8, 4) is 11.1 Å². The molecule has 1 saturated carbocycles. The molecule has 1 aliphatic rings. The maximum Gasteiger partial charge on any atom is 0.256 e.